The molecular formula is C22H27NO7. The highest BCUT2D eigenvalue weighted by atomic mass is 16.5. The average molecular weight is 417 g/mol. The van der Waals surface area contributed by atoms with Crippen LogP contribution in [0.2, 0.25) is 0 Å². The fourth-order valence-corrected chi connectivity index (χ4v) is 2.67. The van der Waals surface area contributed by atoms with Crippen LogP contribution < -0.4 is 24.3 Å². The predicted octanol–water partition coefficient (Wildman–Crippen LogP) is 3.23. The van der Waals surface area contributed by atoms with Crippen molar-refractivity contribution in [1.29, 1.82) is 0 Å². The van der Waals surface area contributed by atoms with E-state index in [2.05, 4.69) is 5.32 Å². The van der Waals surface area contributed by atoms with E-state index in [9.17, 15) is 9.59 Å². The zero-order valence-corrected chi connectivity index (χ0v) is 17.7. The number of ether oxygens (including phenoxy) is 5. The molecule has 0 spiro atoms. The van der Waals surface area contributed by atoms with Gasteiger partial charge in [-0.3, -0.25) is 9.59 Å². The summed E-state index contributed by atoms with van der Waals surface area (Å²) in [4.78, 5) is 24.3. The van der Waals surface area contributed by atoms with Crippen LogP contribution in [0.3, 0.4) is 0 Å². The van der Waals surface area contributed by atoms with E-state index in [0.717, 1.165) is 0 Å². The molecule has 2 aromatic carbocycles. The molecule has 8 heteroatoms. The molecule has 1 amide bonds. The second-order valence-electron chi connectivity index (χ2n) is 6.10. The molecule has 0 bridgehead atoms. The van der Waals surface area contributed by atoms with E-state index in [1.165, 1.54) is 14.2 Å². The van der Waals surface area contributed by atoms with Crippen molar-refractivity contribution >= 4 is 17.6 Å². The Morgan fingerprint density at radius 3 is 2.23 bits per heavy atom. The van der Waals surface area contributed by atoms with Gasteiger partial charge < -0.3 is 29.0 Å². The van der Waals surface area contributed by atoms with Crippen LogP contribution in [0.15, 0.2) is 36.4 Å². The minimum atomic E-state index is -0.533. The lowest BCUT2D eigenvalue weighted by Crippen LogP contribution is -2.22. The van der Waals surface area contributed by atoms with E-state index in [1.54, 1.807) is 36.4 Å². The van der Waals surface area contributed by atoms with Crippen LogP contribution in [-0.2, 0) is 20.7 Å². The Kier molecular flexibility index (Phi) is 8.80. The number of benzene rings is 2. The van der Waals surface area contributed by atoms with Gasteiger partial charge in [0.05, 0.1) is 39.5 Å². The van der Waals surface area contributed by atoms with Gasteiger partial charge in [-0.2, -0.15) is 0 Å². The molecule has 0 atom stereocenters. The van der Waals surface area contributed by atoms with Gasteiger partial charge in [0.15, 0.2) is 18.1 Å². The lowest BCUT2D eigenvalue weighted by atomic mass is 10.1. The van der Waals surface area contributed by atoms with Gasteiger partial charge in [-0.15, -0.1) is 0 Å². The number of hydrogen-bond donors (Lipinski definition) is 1. The molecular weight excluding hydrogens is 390 g/mol. The van der Waals surface area contributed by atoms with Gasteiger partial charge in [0.25, 0.3) is 5.91 Å². The van der Waals surface area contributed by atoms with Crippen molar-refractivity contribution in [2.45, 2.75) is 20.3 Å². The van der Waals surface area contributed by atoms with E-state index in [1.807, 2.05) is 13.8 Å². The number of hydrogen-bond acceptors (Lipinski definition) is 7. The highest BCUT2D eigenvalue weighted by molar-refractivity contribution is 5.94. The predicted molar refractivity (Wildman–Crippen MR) is 112 cm³/mol. The highest BCUT2D eigenvalue weighted by Crippen LogP contribution is 2.29. The maximum Gasteiger partial charge on any atom is 0.310 e. The minimum Gasteiger partial charge on any atom is -0.497 e. The summed E-state index contributed by atoms with van der Waals surface area (Å²) in [7, 11) is 3.01. The van der Waals surface area contributed by atoms with Crippen molar-refractivity contribution in [1.82, 2.24) is 0 Å². The van der Waals surface area contributed by atoms with Crippen molar-refractivity contribution in [3.05, 3.63) is 42.0 Å². The van der Waals surface area contributed by atoms with Crippen LogP contribution in [-0.4, -0.2) is 45.9 Å². The number of anilines is 1. The first-order valence-electron chi connectivity index (χ1n) is 9.56. The summed E-state index contributed by atoms with van der Waals surface area (Å²) in [5.74, 6) is 1.18. The molecule has 0 radical (unpaired) electrons. The van der Waals surface area contributed by atoms with Crippen molar-refractivity contribution < 1.29 is 33.3 Å². The molecule has 0 unspecified atom stereocenters. The maximum absolute atomic E-state index is 12.2. The molecule has 0 saturated heterocycles. The molecule has 0 aliphatic heterocycles. The fourth-order valence-electron chi connectivity index (χ4n) is 2.67. The molecule has 0 saturated carbocycles. The second-order valence-corrected chi connectivity index (χ2v) is 6.10. The molecule has 0 heterocycles. The van der Waals surface area contributed by atoms with E-state index in [-0.39, 0.29) is 6.42 Å². The van der Waals surface area contributed by atoms with Crippen LogP contribution in [0.5, 0.6) is 23.0 Å². The summed E-state index contributed by atoms with van der Waals surface area (Å²) >= 11 is 0. The van der Waals surface area contributed by atoms with E-state index in [0.29, 0.717) is 47.5 Å². The highest BCUT2D eigenvalue weighted by Gasteiger charge is 2.14. The molecule has 2 rings (SSSR count). The summed E-state index contributed by atoms with van der Waals surface area (Å²) in [6.45, 7) is 4.31. The zero-order valence-electron chi connectivity index (χ0n) is 17.7. The summed E-state index contributed by atoms with van der Waals surface area (Å²) < 4.78 is 26.5. The van der Waals surface area contributed by atoms with Gasteiger partial charge in [-0.1, -0.05) is 6.07 Å². The maximum atomic E-state index is 12.2. The Labute approximate surface area is 176 Å². The van der Waals surface area contributed by atoms with Crippen molar-refractivity contribution in [3.63, 3.8) is 0 Å². The van der Waals surface area contributed by atoms with Gasteiger partial charge in [0, 0.05) is 6.07 Å². The number of carbonyl (C=O) groups excluding carboxylic acids is 2. The first-order valence-corrected chi connectivity index (χ1v) is 9.56. The van der Waals surface area contributed by atoms with Crippen molar-refractivity contribution in [2.24, 2.45) is 0 Å². The van der Waals surface area contributed by atoms with Crippen molar-refractivity contribution in [2.75, 3.05) is 39.4 Å². The van der Waals surface area contributed by atoms with Crippen LogP contribution in [0.1, 0.15) is 19.4 Å². The number of rotatable bonds is 11. The standard InChI is InChI=1S/C22H27NO7/c1-5-28-19-9-7-15(11-20(19)29-6-2)12-22(25)30-14-21(24)23-17-13-16(26-3)8-10-18(17)27-4/h7-11,13H,5-6,12,14H2,1-4H3,(H,23,24). The normalized spacial score (nSPS) is 10.1. The van der Waals surface area contributed by atoms with Gasteiger partial charge in [0.2, 0.25) is 0 Å². The third-order valence-electron chi connectivity index (χ3n) is 4.00. The summed E-state index contributed by atoms with van der Waals surface area (Å²) in [6.07, 6.45) is 0.00222. The van der Waals surface area contributed by atoms with Crippen LogP contribution in [0.25, 0.3) is 0 Å². The molecule has 1 N–H and O–H groups in total. The molecule has 2 aromatic rings. The summed E-state index contributed by atoms with van der Waals surface area (Å²) in [5.41, 5.74) is 1.12. The first kappa shape index (κ1) is 22.9. The number of methoxy groups -OCH3 is 2. The Hall–Kier alpha value is -3.42. The third-order valence-corrected chi connectivity index (χ3v) is 4.00. The topological polar surface area (TPSA) is 92.3 Å². The van der Waals surface area contributed by atoms with Gasteiger partial charge in [-0.25, -0.2) is 0 Å². The number of carbonyl (C=O) groups is 2. The molecule has 0 aliphatic carbocycles. The smallest absolute Gasteiger partial charge is 0.310 e. The molecule has 162 valence electrons. The monoisotopic (exact) mass is 417 g/mol. The SMILES string of the molecule is CCOc1ccc(CC(=O)OCC(=O)Nc2cc(OC)ccc2OC)cc1OCC. The van der Waals surface area contributed by atoms with E-state index >= 15 is 0 Å². The second kappa shape index (κ2) is 11.5. The van der Waals surface area contributed by atoms with Crippen LogP contribution in [0, 0.1) is 0 Å². The summed E-state index contributed by atoms with van der Waals surface area (Å²) in [6, 6.07) is 10.2. The zero-order chi connectivity index (χ0) is 21.9. The largest absolute Gasteiger partial charge is 0.497 e. The molecule has 8 nitrogen and oxygen atoms in total. The molecule has 0 fully saturated rings. The number of nitrogens with one attached hydrogen (secondary N) is 1. The average Bonchev–Trinajstić information content (AvgIpc) is 2.74. The number of amides is 1. The summed E-state index contributed by atoms with van der Waals surface area (Å²) in [5, 5.41) is 2.65. The van der Waals surface area contributed by atoms with Gasteiger partial charge in [0.1, 0.15) is 11.5 Å². The van der Waals surface area contributed by atoms with Gasteiger partial charge >= 0.3 is 5.97 Å². The minimum absolute atomic E-state index is 0.00222. The Bertz CT molecular complexity index is 867. The molecule has 0 aliphatic rings. The fraction of sp³-hybridized carbons (Fsp3) is 0.364. The first-order chi connectivity index (χ1) is 14.5. The van der Waals surface area contributed by atoms with Crippen LogP contribution >= 0.6 is 0 Å². The molecule has 30 heavy (non-hydrogen) atoms. The lowest BCUT2D eigenvalue weighted by Gasteiger charge is -2.13. The van der Waals surface area contributed by atoms with Crippen molar-refractivity contribution in [3.8, 4) is 23.0 Å². The Morgan fingerprint density at radius 2 is 1.57 bits per heavy atom. The van der Waals surface area contributed by atoms with E-state index < -0.39 is 18.5 Å². The van der Waals surface area contributed by atoms with Crippen LogP contribution in [0.4, 0.5) is 5.69 Å². The Morgan fingerprint density at radius 1 is 0.867 bits per heavy atom. The number of esters is 1. The molecule has 0 aromatic heterocycles. The quantitative estimate of drug-likeness (QED) is 0.561. The van der Waals surface area contributed by atoms with E-state index in [4.69, 9.17) is 23.7 Å². The lowest BCUT2D eigenvalue weighted by molar-refractivity contribution is -0.146. The Balaban J connectivity index is 1.93. The third kappa shape index (κ3) is 6.58. The van der Waals surface area contributed by atoms with Gasteiger partial charge in [-0.05, 0) is 43.7 Å².